The number of rotatable bonds is 5. The van der Waals surface area contributed by atoms with Crippen LogP contribution >= 0.6 is 15.9 Å². The van der Waals surface area contributed by atoms with Crippen molar-refractivity contribution in [2.45, 2.75) is 26.3 Å². The van der Waals surface area contributed by atoms with E-state index in [0.717, 1.165) is 42.9 Å². The van der Waals surface area contributed by atoms with Gasteiger partial charge in [-0.3, -0.25) is 4.79 Å². The summed E-state index contributed by atoms with van der Waals surface area (Å²) in [6.45, 7) is 7.85. The first-order valence-corrected chi connectivity index (χ1v) is 8.27. The second-order valence-corrected chi connectivity index (χ2v) is 6.31. The van der Waals surface area contributed by atoms with Crippen LogP contribution in [0.5, 0.6) is 0 Å². The SMILES string of the molecule is CCC(C)NCC(=O)N1CCN(c2ccc(Br)cn2)CC1. The Bertz CT molecular complexity index is 457. The van der Waals surface area contributed by atoms with Crippen molar-refractivity contribution in [2.75, 3.05) is 37.6 Å². The van der Waals surface area contributed by atoms with Crippen molar-refractivity contribution in [3.63, 3.8) is 0 Å². The van der Waals surface area contributed by atoms with Crippen molar-refractivity contribution in [1.82, 2.24) is 15.2 Å². The van der Waals surface area contributed by atoms with Crippen LogP contribution in [0.4, 0.5) is 5.82 Å². The quantitative estimate of drug-likeness (QED) is 0.876. The van der Waals surface area contributed by atoms with Crippen LogP contribution in [0, 0.1) is 0 Å². The van der Waals surface area contributed by atoms with Crippen molar-refractivity contribution < 1.29 is 4.79 Å². The van der Waals surface area contributed by atoms with Crippen LogP contribution in [0.15, 0.2) is 22.8 Å². The zero-order valence-corrected chi connectivity index (χ0v) is 14.3. The van der Waals surface area contributed by atoms with Crippen molar-refractivity contribution in [1.29, 1.82) is 0 Å². The normalized spacial score (nSPS) is 16.9. The standard InChI is InChI=1S/C15H23BrN4O/c1-3-12(2)17-11-15(21)20-8-6-19(7-9-20)14-5-4-13(16)10-18-14/h4-5,10,12,17H,3,6-9,11H2,1-2H3. The van der Waals surface area contributed by atoms with Gasteiger partial charge in [-0.1, -0.05) is 6.92 Å². The number of aromatic nitrogens is 1. The fraction of sp³-hybridized carbons (Fsp3) is 0.600. The molecule has 0 aliphatic carbocycles. The number of carbonyl (C=O) groups excluding carboxylic acids is 1. The molecule has 1 aromatic rings. The molecule has 0 bridgehead atoms. The van der Waals surface area contributed by atoms with Crippen LogP contribution in [-0.2, 0) is 4.79 Å². The highest BCUT2D eigenvalue weighted by Gasteiger charge is 2.21. The molecule has 5 nitrogen and oxygen atoms in total. The van der Waals surface area contributed by atoms with Gasteiger partial charge in [0.15, 0.2) is 0 Å². The molecular formula is C15H23BrN4O. The molecule has 1 unspecified atom stereocenters. The number of hydrogen-bond acceptors (Lipinski definition) is 4. The van der Waals surface area contributed by atoms with Crippen LogP contribution < -0.4 is 10.2 Å². The second-order valence-electron chi connectivity index (χ2n) is 5.39. The Balaban J connectivity index is 1.80. The molecule has 0 aromatic carbocycles. The summed E-state index contributed by atoms with van der Waals surface area (Å²) in [7, 11) is 0. The number of nitrogens with one attached hydrogen (secondary N) is 1. The molecule has 116 valence electrons. The van der Waals surface area contributed by atoms with E-state index in [-0.39, 0.29) is 5.91 Å². The molecule has 0 radical (unpaired) electrons. The molecule has 0 saturated carbocycles. The van der Waals surface area contributed by atoms with E-state index < -0.39 is 0 Å². The Morgan fingerprint density at radius 2 is 2.10 bits per heavy atom. The molecule has 2 rings (SSSR count). The second kappa shape index (κ2) is 7.75. The van der Waals surface area contributed by atoms with Crippen molar-refractivity contribution in [3.05, 3.63) is 22.8 Å². The van der Waals surface area contributed by atoms with E-state index in [0.29, 0.717) is 12.6 Å². The number of piperazine rings is 1. The van der Waals surface area contributed by atoms with E-state index in [4.69, 9.17) is 0 Å². The third-order valence-electron chi connectivity index (χ3n) is 3.88. The fourth-order valence-corrected chi connectivity index (χ4v) is 2.49. The maximum absolute atomic E-state index is 12.1. The summed E-state index contributed by atoms with van der Waals surface area (Å²) in [5.74, 6) is 1.17. The van der Waals surface area contributed by atoms with Crippen LogP contribution in [0.25, 0.3) is 0 Å². The smallest absolute Gasteiger partial charge is 0.236 e. The van der Waals surface area contributed by atoms with Gasteiger partial charge < -0.3 is 15.1 Å². The molecule has 1 fully saturated rings. The molecule has 1 amide bonds. The van der Waals surface area contributed by atoms with E-state index in [1.54, 1.807) is 0 Å². The molecule has 6 heteroatoms. The maximum Gasteiger partial charge on any atom is 0.236 e. The molecule has 0 spiro atoms. The minimum absolute atomic E-state index is 0.193. The Morgan fingerprint density at radius 3 is 2.67 bits per heavy atom. The minimum atomic E-state index is 0.193. The zero-order chi connectivity index (χ0) is 15.2. The number of amides is 1. The van der Waals surface area contributed by atoms with Gasteiger partial charge in [0.2, 0.25) is 5.91 Å². The van der Waals surface area contributed by atoms with E-state index in [1.165, 1.54) is 0 Å². The molecule has 2 heterocycles. The lowest BCUT2D eigenvalue weighted by molar-refractivity contribution is -0.130. The van der Waals surface area contributed by atoms with Crippen LogP contribution in [0.2, 0.25) is 0 Å². The monoisotopic (exact) mass is 354 g/mol. The van der Waals surface area contributed by atoms with Gasteiger partial charge in [-0.15, -0.1) is 0 Å². The average Bonchev–Trinajstić information content (AvgIpc) is 2.53. The van der Waals surface area contributed by atoms with E-state index in [9.17, 15) is 4.79 Å². The van der Waals surface area contributed by atoms with Crippen molar-refractivity contribution >= 4 is 27.7 Å². The predicted octanol–water partition coefficient (Wildman–Crippen LogP) is 1.88. The van der Waals surface area contributed by atoms with Gasteiger partial charge in [0.25, 0.3) is 0 Å². The van der Waals surface area contributed by atoms with Gasteiger partial charge in [-0.05, 0) is 41.4 Å². The first kappa shape index (κ1) is 16.2. The van der Waals surface area contributed by atoms with Gasteiger partial charge in [-0.2, -0.15) is 0 Å². The molecular weight excluding hydrogens is 332 g/mol. The lowest BCUT2D eigenvalue weighted by Crippen LogP contribution is -2.51. The highest BCUT2D eigenvalue weighted by atomic mass is 79.9. The van der Waals surface area contributed by atoms with Crippen LogP contribution in [-0.4, -0.2) is 54.6 Å². The Labute approximate surface area is 134 Å². The number of carbonyl (C=O) groups is 1. The largest absolute Gasteiger partial charge is 0.353 e. The summed E-state index contributed by atoms with van der Waals surface area (Å²) in [6.07, 6.45) is 2.85. The summed E-state index contributed by atoms with van der Waals surface area (Å²) >= 11 is 3.39. The van der Waals surface area contributed by atoms with Gasteiger partial charge in [-0.25, -0.2) is 4.98 Å². The average molecular weight is 355 g/mol. The Hall–Kier alpha value is -1.14. The first-order chi connectivity index (χ1) is 10.1. The Kier molecular flexibility index (Phi) is 5.99. The third kappa shape index (κ3) is 4.68. The van der Waals surface area contributed by atoms with E-state index in [1.807, 2.05) is 23.2 Å². The lowest BCUT2D eigenvalue weighted by atomic mass is 10.2. The number of nitrogens with zero attached hydrogens (tertiary/aromatic N) is 3. The topological polar surface area (TPSA) is 48.5 Å². The highest BCUT2D eigenvalue weighted by Crippen LogP contribution is 2.16. The predicted molar refractivity (Wildman–Crippen MR) is 88.5 cm³/mol. The first-order valence-electron chi connectivity index (χ1n) is 7.47. The molecule has 1 aliphatic rings. The summed E-state index contributed by atoms with van der Waals surface area (Å²) in [5, 5.41) is 3.26. The zero-order valence-electron chi connectivity index (χ0n) is 12.7. The molecule has 21 heavy (non-hydrogen) atoms. The van der Waals surface area contributed by atoms with Crippen molar-refractivity contribution in [2.24, 2.45) is 0 Å². The molecule has 1 aliphatic heterocycles. The molecule has 1 N–H and O–H groups in total. The van der Waals surface area contributed by atoms with Crippen molar-refractivity contribution in [3.8, 4) is 0 Å². The van der Waals surface area contributed by atoms with Gasteiger partial charge in [0, 0.05) is 42.9 Å². The highest BCUT2D eigenvalue weighted by molar-refractivity contribution is 9.10. The number of anilines is 1. The lowest BCUT2D eigenvalue weighted by Gasteiger charge is -2.35. The van der Waals surface area contributed by atoms with Gasteiger partial charge in [0.1, 0.15) is 5.82 Å². The Morgan fingerprint density at radius 1 is 1.38 bits per heavy atom. The molecule has 1 saturated heterocycles. The number of hydrogen-bond donors (Lipinski definition) is 1. The number of pyridine rings is 1. The molecule has 1 aromatic heterocycles. The fourth-order valence-electron chi connectivity index (χ4n) is 2.26. The molecule has 1 atom stereocenters. The van der Waals surface area contributed by atoms with Crippen LogP contribution in [0.3, 0.4) is 0 Å². The number of halogens is 1. The minimum Gasteiger partial charge on any atom is -0.353 e. The third-order valence-corrected chi connectivity index (χ3v) is 4.35. The van der Waals surface area contributed by atoms with E-state index in [2.05, 4.69) is 45.0 Å². The van der Waals surface area contributed by atoms with E-state index >= 15 is 0 Å². The maximum atomic E-state index is 12.1. The summed E-state index contributed by atoms with van der Waals surface area (Å²) < 4.78 is 0.983. The summed E-state index contributed by atoms with van der Waals surface area (Å²) in [5.41, 5.74) is 0. The summed E-state index contributed by atoms with van der Waals surface area (Å²) in [6, 6.07) is 4.39. The van der Waals surface area contributed by atoms with Gasteiger partial charge in [0.05, 0.1) is 6.54 Å². The van der Waals surface area contributed by atoms with Crippen LogP contribution in [0.1, 0.15) is 20.3 Å². The van der Waals surface area contributed by atoms with Gasteiger partial charge >= 0.3 is 0 Å². The summed E-state index contributed by atoms with van der Waals surface area (Å²) in [4.78, 5) is 20.7.